The van der Waals surface area contributed by atoms with Crippen LogP contribution in [-0.2, 0) is 18.9 Å². The molecule has 1 aromatic carbocycles. The van der Waals surface area contributed by atoms with Crippen molar-refractivity contribution in [2.75, 3.05) is 27.9 Å². The Kier molecular flexibility index (Phi) is 8.37. The smallest absolute Gasteiger partial charge is 0.338 e. The van der Waals surface area contributed by atoms with E-state index in [-0.39, 0.29) is 23.5 Å². The quantitative estimate of drug-likeness (QED) is 0.261. The molecule has 5 N–H and O–H groups in total. The van der Waals surface area contributed by atoms with Crippen molar-refractivity contribution < 1.29 is 63.5 Å². The molecule has 2 heterocycles. The van der Waals surface area contributed by atoms with Crippen LogP contribution in [0.2, 0.25) is 0 Å². The van der Waals surface area contributed by atoms with Gasteiger partial charge in [-0.2, -0.15) is 0 Å². The standard InChI is InChI=1S/C25H34O13/c1-25(31)9-15(36-22(30)11-7-13(32-2)21(34-4)14(8-11)33-3)12-5-6-35-23(17(12)25)38-24-20(29)19(28)18(27)16(10-26)37-24/h5-8,12,15-20,23-24,26-29,31H,9-10H2,1-4H3/t12-,15+,16+,17+,18-,19+,20+,23-,24+,25-/m0/s1. The molecule has 2 fully saturated rings. The van der Waals surface area contributed by atoms with E-state index in [1.807, 2.05) is 0 Å². The van der Waals surface area contributed by atoms with Crippen LogP contribution in [0.25, 0.3) is 0 Å². The second-order valence-electron chi connectivity index (χ2n) is 9.69. The summed E-state index contributed by atoms with van der Waals surface area (Å²) in [6.07, 6.45) is -6.43. The third kappa shape index (κ3) is 5.15. The lowest BCUT2D eigenvalue weighted by molar-refractivity contribution is -0.346. The van der Waals surface area contributed by atoms with Gasteiger partial charge in [0, 0.05) is 12.3 Å². The number of fused-ring (bicyclic) bond motifs is 1. The molecule has 0 aromatic heterocycles. The minimum absolute atomic E-state index is 0.0424. The fourth-order valence-electron chi connectivity index (χ4n) is 5.30. The van der Waals surface area contributed by atoms with Gasteiger partial charge in [0.05, 0.1) is 51.3 Å². The molecule has 2 aliphatic heterocycles. The maximum Gasteiger partial charge on any atom is 0.338 e. The van der Waals surface area contributed by atoms with Crippen LogP contribution in [0, 0.1) is 11.8 Å². The summed E-state index contributed by atoms with van der Waals surface area (Å²) in [6.45, 7) is 0.920. The molecule has 1 saturated carbocycles. The Morgan fingerprint density at radius 2 is 1.68 bits per heavy atom. The van der Waals surface area contributed by atoms with E-state index in [4.69, 9.17) is 33.2 Å². The number of benzene rings is 1. The Hall–Kier alpha value is -2.65. The predicted octanol–water partition coefficient (Wildman–Crippen LogP) is -0.689. The molecule has 0 radical (unpaired) electrons. The third-order valence-electron chi connectivity index (χ3n) is 7.26. The molecule has 13 heteroatoms. The van der Waals surface area contributed by atoms with Crippen molar-refractivity contribution in [3.63, 3.8) is 0 Å². The highest BCUT2D eigenvalue weighted by Crippen LogP contribution is 2.48. The first-order chi connectivity index (χ1) is 18.1. The first kappa shape index (κ1) is 28.4. The number of rotatable bonds is 8. The number of aliphatic hydroxyl groups is 5. The summed E-state index contributed by atoms with van der Waals surface area (Å²) < 4.78 is 38.5. The minimum atomic E-state index is -1.65. The molecule has 0 unspecified atom stereocenters. The van der Waals surface area contributed by atoms with Gasteiger partial charge in [0.15, 0.2) is 17.8 Å². The molecule has 3 aliphatic rings. The van der Waals surface area contributed by atoms with Gasteiger partial charge in [-0.05, 0) is 25.1 Å². The molecule has 13 nitrogen and oxygen atoms in total. The molecular formula is C25H34O13. The third-order valence-corrected chi connectivity index (χ3v) is 7.26. The zero-order valence-electron chi connectivity index (χ0n) is 21.4. The van der Waals surface area contributed by atoms with Crippen LogP contribution in [-0.4, -0.2) is 108 Å². The molecule has 4 rings (SSSR count). The van der Waals surface area contributed by atoms with E-state index >= 15 is 0 Å². The number of methoxy groups -OCH3 is 3. The lowest BCUT2D eigenvalue weighted by Gasteiger charge is -2.43. The van der Waals surface area contributed by atoms with Crippen LogP contribution in [0.15, 0.2) is 24.5 Å². The fraction of sp³-hybridized carbons (Fsp3) is 0.640. The number of hydrogen-bond donors (Lipinski definition) is 5. The van der Waals surface area contributed by atoms with Gasteiger partial charge >= 0.3 is 5.97 Å². The number of aliphatic hydroxyl groups excluding tert-OH is 4. The summed E-state index contributed by atoms with van der Waals surface area (Å²) in [6, 6.07) is 2.91. The van der Waals surface area contributed by atoms with Gasteiger partial charge in [-0.25, -0.2) is 4.79 Å². The molecule has 1 saturated heterocycles. The minimum Gasteiger partial charge on any atom is -0.493 e. The zero-order valence-corrected chi connectivity index (χ0v) is 21.4. The number of ether oxygens (including phenoxy) is 7. The monoisotopic (exact) mass is 542 g/mol. The SMILES string of the molecule is COc1cc(C(=O)O[C@@H]2C[C@](C)(O)[C@H]3[C@H](O[C@H]4O[C@H](CO)[C@H](O)[C@@H](O)[C@H]4O)OC=C[C@H]32)cc(OC)c1OC. The topological polar surface area (TPSA) is 183 Å². The highest BCUT2D eigenvalue weighted by Gasteiger charge is 2.58. The van der Waals surface area contributed by atoms with E-state index in [0.717, 1.165) is 0 Å². The number of esters is 1. The van der Waals surface area contributed by atoms with E-state index in [9.17, 15) is 30.3 Å². The van der Waals surface area contributed by atoms with Crippen LogP contribution in [0.3, 0.4) is 0 Å². The second kappa shape index (κ2) is 11.2. The summed E-state index contributed by atoms with van der Waals surface area (Å²) >= 11 is 0. The molecule has 0 spiro atoms. The lowest BCUT2D eigenvalue weighted by Crippen LogP contribution is -2.60. The Bertz CT molecular complexity index is 1000. The molecular weight excluding hydrogens is 508 g/mol. The van der Waals surface area contributed by atoms with Crippen LogP contribution >= 0.6 is 0 Å². The molecule has 38 heavy (non-hydrogen) atoms. The van der Waals surface area contributed by atoms with E-state index in [1.165, 1.54) is 39.7 Å². The van der Waals surface area contributed by atoms with Crippen molar-refractivity contribution in [2.24, 2.45) is 11.8 Å². The van der Waals surface area contributed by atoms with Crippen molar-refractivity contribution in [3.05, 3.63) is 30.0 Å². The van der Waals surface area contributed by atoms with Gasteiger partial charge in [0.1, 0.15) is 30.5 Å². The van der Waals surface area contributed by atoms with E-state index in [1.54, 1.807) is 13.0 Å². The molecule has 10 atom stereocenters. The number of hydrogen-bond acceptors (Lipinski definition) is 13. The van der Waals surface area contributed by atoms with Crippen molar-refractivity contribution in [2.45, 2.75) is 62.0 Å². The van der Waals surface area contributed by atoms with Gasteiger partial charge in [0.25, 0.3) is 0 Å². The molecule has 0 amide bonds. The zero-order chi connectivity index (χ0) is 27.8. The van der Waals surface area contributed by atoms with Gasteiger partial charge in [-0.3, -0.25) is 0 Å². The maximum absolute atomic E-state index is 13.1. The van der Waals surface area contributed by atoms with Crippen LogP contribution < -0.4 is 14.2 Å². The van der Waals surface area contributed by atoms with E-state index < -0.39 is 73.1 Å². The summed E-state index contributed by atoms with van der Waals surface area (Å²) in [5.41, 5.74) is -1.29. The molecule has 212 valence electrons. The normalized spacial score (nSPS) is 38.2. The largest absolute Gasteiger partial charge is 0.493 e. The van der Waals surface area contributed by atoms with Crippen molar-refractivity contribution in [3.8, 4) is 17.2 Å². The highest BCUT2D eigenvalue weighted by molar-refractivity contribution is 5.91. The Balaban J connectivity index is 1.52. The van der Waals surface area contributed by atoms with Gasteiger partial charge in [0.2, 0.25) is 12.0 Å². The van der Waals surface area contributed by atoms with Gasteiger partial charge in [-0.15, -0.1) is 0 Å². The summed E-state index contributed by atoms with van der Waals surface area (Å²) in [5.74, 6) is -1.13. The van der Waals surface area contributed by atoms with Crippen molar-refractivity contribution >= 4 is 5.97 Å². The second-order valence-corrected chi connectivity index (χ2v) is 9.69. The van der Waals surface area contributed by atoms with Crippen molar-refractivity contribution in [1.82, 2.24) is 0 Å². The summed E-state index contributed by atoms with van der Waals surface area (Å²) in [5, 5.41) is 51.2. The summed E-state index contributed by atoms with van der Waals surface area (Å²) in [4.78, 5) is 13.1. The van der Waals surface area contributed by atoms with Gasteiger partial charge < -0.3 is 58.7 Å². The number of carbonyl (C=O) groups excluding carboxylic acids is 1. The van der Waals surface area contributed by atoms with E-state index in [0.29, 0.717) is 5.75 Å². The molecule has 0 bridgehead atoms. The molecule has 1 aromatic rings. The van der Waals surface area contributed by atoms with Crippen LogP contribution in [0.1, 0.15) is 23.7 Å². The van der Waals surface area contributed by atoms with E-state index in [2.05, 4.69) is 0 Å². The molecule has 1 aliphatic carbocycles. The first-order valence-corrected chi connectivity index (χ1v) is 12.1. The predicted molar refractivity (Wildman–Crippen MR) is 126 cm³/mol. The number of carbonyl (C=O) groups is 1. The Morgan fingerprint density at radius 1 is 1.03 bits per heavy atom. The first-order valence-electron chi connectivity index (χ1n) is 12.1. The average molecular weight is 543 g/mol. The van der Waals surface area contributed by atoms with Crippen LogP contribution in [0.4, 0.5) is 0 Å². The summed E-state index contributed by atoms with van der Waals surface area (Å²) in [7, 11) is 4.29. The van der Waals surface area contributed by atoms with Crippen LogP contribution in [0.5, 0.6) is 17.2 Å². The Morgan fingerprint density at radius 3 is 2.26 bits per heavy atom. The maximum atomic E-state index is 13.1. The Labute approximate surface area is 219 Å². The van der Waals surface area contributed by atoms with Gasteiger partial charge in [-0.1, -0.05) is 0 Å². The average Bonchev–Trinajstić information content (AvgIpc) is 3.17. The highest BCUT2D eigenvalue weighted by atomic mass is 16.8. The fourth-order valence-corrected chi connectivity index (χ4v) is 5.30. The lowest BCUT2D eigenvalue weighted by atomic mass is 9.85. The van der Waals surface area contributed by atoms with Crippen molar-refractivity contribution in [1.29, 1.82) is 0 Å².